The Hall–Kier alpha value is -1.11. The summed E-state index contributed by atoms with van der Waals surface area (Å²) in [5, 5.41) is -1.35. The summed E-state index contributed by atoms with van der Waals surface area (Å²) in [7, 11) is -2.76. The van der Waals surface area contributed by atoms with E-state index in [1.165, 1.54) is 6.92 Å². The van der Waals surface area contributed by atoms with Gasteiger partial charge in [0, 0.05) is 0 Å². The molecule has 0 spiro atoms. The molecule has 1 unspecified atom stereocenters. The standard InChI is InChI=1S/C8H14O6S/c1-4-14-7(9)5-15(11,12)6(2)8(10)13-3/h6H,4-5H2,1-3H3. The second kappa shape index (κ2) is 5.69. The van der Waals surface area contributed by atoms with E-state index in [2.05, 4.69) is 9.47 Å². The third-order valence-electron chi connectivity index (χ3n) is 1.70. The van der Waals surface area contributed by atoms with Crippen LogP contribution in [-0.2, 0) is 28.9 Å². The Kier molecular flexibility index (Phi) is 5.27. The minimum Gasteiger partial charge on any atom is -0.468 e. The van der Waals surface area contributed by atoms with Gasteiger partial charge < -0.3 is 9.47 Å². The summed E-state index contributed by atoms with van der Waals surface area (Å²) >= 11 is 0. The Morgan fingerprint density at radius 1 is 1.33 bits per heavy atom. The predicted molar refractivity (Wildman–Crippen MR) is 51.9 cm³/mol. The smallest absolute Gasteiger partial charge is 0.323 e. The van der Waals surface area contributed by atoms with Crippen LogP contribution in [0.25, 0.3) is 0 Å². The number of esters is 2. The number of hydrogen-bond donors (Lipinski definition) is 0. The fourth-order valence-corrected chi connectivity index (χ4v) is 1.86. The molecule has 0 aromatic rings. The summed E-state index contributed by atoms with van der Waals surface area (Å²) in [6, 6.07) is 0. The Bertz CT molecular complexity index is 331. The molecule has 0 saturated carbocycles. The van der Waals surface area contributed by atoms with Crippen LogP contribution in [0.2, 0.25) is 0 Å². The molecular weight excluding hydrogens is 224 g/mol. The van der Waals surface area contributed by atoms with Gasteiger partial charge >= 0.3 is 11.9 Å². The van der Waals surface area contributed by atoms with Gasteiger partial charge in [-0.2, -0.15) is 0 Å². The van der Waals surface area contributed by atoms with Crippen molar-refractivity contribution in [2.45, 2.75) is 19.1 Å². The normalized spacial score (nSPS) is 13.0. The van der Waals surface area contributed by atoms with Crippen molar-refractivity contribution in [2.75, 3.05) is 19.5 Å². The van der Waals surface area contributed by atoms with Crippen molar-refractivity contribution in [2.24, 2.45) is 0 Å². The van der Waals surface area contributed by atoms with Crippen molar-refractivity contribution in [3.63, 3.8) is 0 Å². The lowest BCUT2D eigenvalue weighted by atomic mass is 10.5. The van der Waals surface area contributed by atoms with Crippen molar-refractivity contribution in [1.29, 1.82) is 0 Å². The van der Waals surface area contributed by atoms with E-state index in [0.29, 0.717) is 0 Å². The molecule has 1 atom stereocenters. The molecule has 7 heteroatoms. The van der Waals surface area contributed by atoms with Crippen LogP contribution in [0.5, 0.6) is 0 Å². The van der Waals surface area contributed by atoms with E-state index in [0.717, 1.165) is 7.11 Å². The highest BCUT2D eigenvalue weighted by Gasteiger charge is 2.31. The second-order valence-electron chi connectivity index (χ2n) is 2.78. The van der Waals surface area contributed by atoms with Gasteiger partial charge in [-0.15, -0.1) is 0 Å². The summed E-state index contributed by atoms with van der Waals surface area (Å²) in [4.78, 5) is 21.9. The maximum atomic E-state index is 11.4. The minimum atomic E-state index is -3.84. The average molecular weight is 238 g/mol. The van der Waals surface area contributed by atoms with Crippen molar-refractivity contribution in [1.82, 2.24) is 0 Å². The molecule has 88 valence electrons. The molecule has 0 N–H and O–H groups in total. The van der Waals surface area contributed by atoms with Gasteiger partial charge in [0.1, 0.15) is 5.75 Å². The zero-order chi connectivity index (χ0) is 12.1. The molecule has 0 bridgehead atoms. The van der Waals surface area contributed by atoms with Crippen molar-refractivity contribution >= 4 is 21.8 Å². The second-order valence-corrected chi connectivity index (χ2v) is 5.10. The molecule has 0 fully saturated rings. The highest BCUT2D eigenvalue weighted by molar-refractivity contribution is 7.93. The molecule has 0 aromatic carbocycles. The molecule has 15 heavy (non-hydrogen) atoms. The van der Waals surface area contributed by atoms with Gasteiger partial charge in [0.15, 0.2) is 15.1 Å². The lowest BCUT2D eigenvalue weighted by Crippen LogP contribution is -2.33. The van der Waals surface area contributed by atoms with E-state index in [1.54, 1.807) is 6.92 Å². The van der Waals surface area contributed by atoms with Gasteiger partial charge in [-0.3, -0.25) is 9.59 Å². The average Bonchev–Trinajstić information content (AvgIpc) is 2.15. The number of carbonyl (C=O) groups is 2. The Labute approximate surface area is 88.5 Å². The van der Waals surface area contributed by atoms with Gasteiger partial charge in [-0.1, -0.05) is 0 Å². The largest absolute Gasteiger partial charge is 0.468 e. The molecule has 0 amide bonds. The zero-order valence-corrected chi connectivity index (χ0v) is 9.67. The molecule has 6 nitrogen and oxygen atoms in total. The van der Waals surface area contributed by atoms with Crippen LogP contribution in [0.3, 0.4) is 0 Å². The maximum Gasteiger partial charge on any atom is 0.323 e. The van der Waals surface area contributed by atoms with Crippen LogP contribution in [0.15, 0.2) is 0 Å². The maximum absolute atomic E-state index is 11.4. The number of sulfone groups is 1. The highest BCUT2D eigenvalue weighted by atomic mass is 32.2. The van der Waals surface area contributed by atoms with Gasteiger partial charge in [0.2, 0.25) is 0 Å². The first-order valence-electron chi connectivity index (χ1n) is 4.30. The molecular formula is C8H14O6S. The lowest BCUT2D eigenvalue weighted by molar-refractivity contribution is -0.140. The van der Waals surface area contributed by atoms with Gasteiger partial charge in [-0.05, 0) is 13.8 Å². The summed E-state index contributed by atoms with van der Waals surface area (Å²) < 4.78 is 31.6. The van der Waals surface area contributed by atoms with Gasteiger partial charge in [0.25, 0.3) is 0 Å². The SMILES string of the molecule is CCOC(=O)CS(=O)(=O)C(C)C(=O)OC. The molecule has 0 radical (unpaired) electrons. The molecule has 0 rings (SSSR count). The fourth-order valence-electron chi connectivity index (χ4n) is 0.804. The van der Waals surface area contributed by atoms with E-state index < -0.39 is 32.8 Å². The Morgan fingerprint density at radius 3 is 2.27 bits per heavy atom. The molecule has 0 aliphatic rings. The molecule has 0 heterocycles. The van der Waals surface area contributed by atoms with Crippen molar-refractivity contribution in [3.8, 4) is 0 Å². The fraction of sp³-hybridized carbons (Fsp3) is 0.750. The summed E-state index contributed by atoms with van der Waals surface area (Å²) in [5.41, 5.74) is 0. The van der Waals surface area contributed by atoms with Crippen LogP contribution in [0.1, 0.15) is 13.8 Å². The highest BCUT2D eigenvalue weighted by Crippen LogP contribution is 2.04. The van der Waals surface area contributed by atoms with E-state index in [9.17, 15) is 18.0 Å². The molecule has 0 aliphatic heterocycles. The van der Waals surface area contributed by atoms with Gasteiger partial charge in [0.05, 0.1) is 13.7 Å². The van der Waals surface area contributed by atoms with Crippen molar-refractivity contribution < 1.29 is 27.5 Å². The van der Waals surface area contributed by atoms with Crippen LogP contribution < -0.4 is 0 Å². The third kappa shape index (κ3) is 4.28. The van der Waals surface area contributed by atoms with Crippen molar-refractivity contribution in [3.05, 3.63) is 0 Å². The Morgan fingerprint density at radius 2 is 1.87 bits per heavy atom. The van der Waals surface area contributed by atoms with Crippen LogP contribution in [0.4, 0.5) is 0 Å². The van der Waals surface area contributed by atoms with E-state index >= 15 is 0 Å². The first-order valence-corrected chi connectivity index (χ1v) is 6.01. The van der Waals surface area contributed by atoms with Crippen LogP contribution in [0, 0.1) is 0 Å². The number of methoxy groups -OCH3 is 1. The topological polar surface area (TPSA) is 86.7 Å². The molecule has 0 aliphatic carbocycles. The first-order chi connectivity index (χ1) is 6.85. The first kappa shape index (κ1) is 13.9. The van der Waals surface area contributed by atoms with E-state index in [-0.39, 0.29) is 6.61 Å². The number of carbonyl (C=O) groups excluding carboxylic acids is 2. The molecule has 0 aromatic heterocycles. The van der Waals surface area contributed by atoms with E-state index in [1.807, 2.05) is 0 Å². The monoisotopic (exact) mass is 238 g/mol. The zero-order valence-electron chi connectivity index (χ0n) is 8.85. The molecule has 0 saturated heterocycles. The summed E-state index contributed by atoms with van der Waals surface area (Å²) in [5.74, 6) is -2.57. The van der Waals surface area contributed by atoms with Crippen LogP contribution >= 0.6 is 0 Å². The van der Waals surface area contributed by atoms with E-state index in [4.69, 9.17) is 0 Å². The number of rotatable bonds is 5. The number of ether oxygens (including phenoxy) is 2. The third-order valence-corrected chi connectivity index (χ3v) is 3.60. The summed E-state index contributed by atoms with van der Waals surface area (Å²) in [6.07, 6.45) is 0. The number of hydrogen-bond acceptors (Lipinski definition) is 6. The van der Waals surface area contributed by atoms with Crippen LogP contribution in [-0.4, -0.2) is 45.1 Å². The minimum absolute atomic E-state index is 0.0982. The summed E-state index contributed by atoms with van der Waals surface area (Å²) in [6.45, 7) is 2.83. The van der Waals surface area contributed by atoms with Gasteiger partial charge in [-0.25, -0.2) is 8.42 Å². The quantitative estimate of drug-likeness (QED) is 0.601. The lowest BCUT2D eigenvalue weighted by Gasteiger charge is -2.09. The predicted octanol–water partition coefficient (Wildman–Crippen LogP) is -0.474. The Balaban J connectivity index is 4.56.